The average molecular weight is 260 g/mol. The number of nitrogens with zero attached hydrogens (tertiary/aromatic N) is 1. The maximum atomic E-state index is 3.84. The van der Waals surface area contributed by atoms with E-state index in [1.54, 1.807) is 0 Å². The summed E-state index contributed by atoms with van der Waals surface area (Å²) in [5.41, 5.74) is 2.77. The highest BCUT2D eigenvalue weighted by molar-refractivity contribution is 5.24. The van der Waals surface area contributed by atoms with Gasteiger partial charge in [-0.15, -0.1) is 0 Å². The highest BCUT2D eigenvalue weighted by atomic mass is 15.2. The number of rotatable bonds is 5. The van der Waals surface area contributed by atoms with Crippen molar-refractivity contribution in [1.82, 2.24) is 10.2 Å². The van der Waals surface area contributed by atoms with Crippen LogP contribution >= 0.6 is 0 Å². The molecule has 19 heavy (non-hydrogen) atoms. The van der Waals surface area contributed by atoms with Crippen molar-refractivity contribution in [2.45, 2.75) is 58.7 Å². The van der Waals surface area contributed by atoms with E-state index in [1.165, 1.54) is 30.6 Å². The zero-order valence-electron chi connectivity index (χ0n) is 12.8. The van der Waals surface area contributed by atoms with Crippen LogP contribution in [0.15, 0.2) is 24.3 Å². The highest BCUT2D eigenvalue weighted by Crippen LogP contribution is 2.21. The second-order valence-corrected chi connectivity index (χ2v) is 6.11. The molecule has 1 aliphatic heterocycles. The van der Waals surface area contributed by atoms with E-state index in [1.807, 2.05) is 0 Å². The van der Waals surface area contributed by atoms with Crippen LogP contribution in [0.5, 0.6) is 0 Å². The topological polar surface area (TPSA) is 15.3 Å². The lowest BCUT2D eigenvalue weighted by Crippen LogP contribution is -2.37. The molecule has 0 spiro atoms. The van der Waals surface area contributed by atoms with Gasteiger partial charge in [0.25, 0.3) is 0 Å². The summed E-state index contributed by atoms with van der Waals surface area (Å²) in [5.74, 6) is 0. The Kier molecular flexibility index (Phi) is 5.00. The predicted octanol–water partition coefficient (Wildman–Crippen LogP) is 3.52. The van der Waals surface area contributed by atoms with Gasteiger partial charge in [0, 0.05) is 24.7 Å². The molecule has 0 saturated carbocycles. The Morgan fingerprint density at radius 3 is 2.47 bits per heavy atom. The van der Waals surface area contributed by atoms with Gasteiger partial charge in [0.15, 0.2) is 0 Å². The Balaban J connectivity index is 1.95. The SMILES string of the molecule is CCC(NC1CCN(C(C)C)C1)c1ccc(C)cc1. The number of benzene rings is 1. The van der Waals surface area contributed by atoms with Gasteiger partial charge in [-0.05, 0) is 45.7 Å². The Morgan fingerprint density at radius 2 is 1.95 bits per heavy atom. The molecule has 2 rings (SSSR count). The Bertz CT molecular complexity index is 383. The second-order valence-electron chi connectivity index (χ2n) is 6.11. The van der Waals surface area contributed by atoms with Crippen molar-refractivity contribution in [2.75, 3.05) is 13.1 Å². The summed E-state index contributed by atoms with van der Waals surface area (Å²) in [5, 5.41) is 3.84. The fraction of sp³-hybridized carbons (Fsp3) is 0.647. The highest BCUT2D eigenvalue weighted by Gasteiger charge is 2.25. The fourth-order valence-corrected chi connectivity index (χ4v) is 2.93. The van der Waals surface area contributed by atoms with Crippen molar-refractivity contribution in [3.63, 3.8) is 0 Å². The number of aryl methyl sites for hydroxylation is 1. The van der Waals surface area contributed by atoms with Gasteiger partial charge >= 0.3 is 0 Å². The first kappa shape index (κ1) is 14.5. The molecular weight excluding hydrogens is 232 g/mol. The minimum atomic E-state index is 0.498. The molecule has 1 aromatic carbocycles. The van der Waals surface area contributed by atoms with E-state index in [2.05, 4.69) is 62.2 Å². The normalized spacial score (nSPS) is 22.1. The van der Waals surface area contributed by atoms with Gasteiger partial charge in [0.2, 0.25) is 0 Å². The van der Waals surface area contributed by atoms with Crippen molar-refractivity contribution in [3.05, 3.63) is 35.4 Å². The van der Waals surface area contributed by atoms with Crippen molar-refractivity contribution in [3.8, 4) is 0 Å². The molecule has 1 aliphatic rings. The third-order valence-corrected chi connectivity index (χ3v) is 4.27. The van der Waals surface area contributed by atoms with Crippen LogP contribution in [0.25, 0.3) is 0 Å². The molecule has 0 radical (unpaired) electrons. The van der Waals surface area contributed by atoms with Gasteiger partial charge in [-0.25, -0.2) is 0 Å². The van der Waals surface area contributed by atoms with Gasteiger partial charge in [0.1, 0.15) is 0 Å². The first-order chi connectivity index (χ1) is 9.10. The minimum absolute atomic E-state index is 0.498. The van der Waals surface area contributed by atoms with Gasteiger partial charge < -0.3 is 5.32 Å². The number of hydrogen-bond acceptors (Lipinski definition) is 2. The average Bonchev–Trinajstić information content (AvgIpc) is 2.86. The third kappa shape index (κ3) is 3.80. The Hall–Kier alpha value is -0.860. The van der Waals surface area contributed by atoms with E-state index in [4.69, 9.17) is 0 Å². The van der Waals surface area contributed by atoms with Crippen molar-refractivity contribution in [2.24, 2.45) is 0 Å². The van der Waals surface area contributed by atoms with E-state index in [0.29, 0.717) is 18.1 Å². The molecule has 2 nitrogen and oxygen atoms in total. The zero-order valence-corrected chi connectivity index (χ0v) is 12.8. The van der Waals surface area contributed by atoms with E-state index in [-0.39, 0.29) is 0 Å². The van der Waals surface area contributed by atoms with E-state index >= 15 is 0 Å². The molecule has 2 atom stereocenters. The summed E-state index contributed by atoms with van der Waals surface area (Å²) in [4.78, 5) is 2.57. The standard InChI is InChI=1S/C17H28N2/c1-5-17(15-8-6-14(4)7-9-15)18-16-10-11-19(12-16)13(2)3/h6-9,13,16-18H,5,10-12H2,1-4H3. The molecule has 1 aromatic rings. The molecular formula is C17H28N2. The van der Waals surface area contributed by atoms with Gasteiger partial charge in [-0.1, -0.05) is 36.8 Å². The molecule has 2 unspecified atom stereocenters. The van der Waals surface area contributed by atoms with Crippen LogP contribution in [0.1, 0.15) is 50.8 Å². The number of hydrogen-bond donors (Lipinski definition) is 1. The van der Waals surface area contributed by atoms with Crippen molar-refractivity contribution >= 4 is 0 Å². The number of likely N-dealkylation sites (tertiary alicyclic amines) is 1. The summed E-state index contributed by atoms with van der Waals surface area (Å²) in [6, 6.07) is 10.8. The van der Waals surface area contributed by atoms with Crippen LogP contribution in [0.2, 0.25) is 0 Å². The van der Waals surface area contributed by atoms with E-state index < -0.39 is 0 Å². The zero-order chi connectivity index (χ0) is 13.8. The molecule has 1 saturated heterocycles. The van der Waals surface area contributed by atoms with Crippen molar-refractivity contribution < 1.29 is 0 Å². The largest absolute Gasteiger partial charge is 0.306 e. The molecule has 2 heteroatoms. The summed E-state index contributed by atoms with van der Waals surface area (Å²) in [6.07, 6.45) is 2.43. The summed E-state index contributed by atoms with van der Waals surface area (Å²) in [6.45, 7) is 11.4. The van der Waals surface area contributed by atoms with Gasteiger partial charge in [-0.3, -0.25) is 4.90 Å². The molecule has 0 aliphatic carbocycles. The number of nitrogens with one attached hydrogen (secondary N) is 1. The monoisotopic (exact) mass is 260 g/mol. The quantitative estimate of drug-likeness (QED) is 0.871. The lowest BCUT2D eigenvalue weighted by Gasteiger charge is -2.24. The van der Waals surface area contributed by atoms with E-state index in [9.17, 15) is 0 Å². The van der Waals surface area contributed by atoms with E-state index in [0.717, 1.165) is 6.42 Å². The van der Waals surface area contributed by atoms with Crippen LogP contribution in [-0.4, -0.2) is 30.1 Å². The summed E-state index contributed by atoms with van der Waals surface area (Å²) >= 11 is 0. The van der Waals surface area contributed by atoms with Crippen LogP contribution < -0.4 is 5.32 Å². The Labute approximate surface area is 118 Å². The lowest BCUT2D eigenvalue weighted by atomic mass is 10.0. The third-order valence-electron chi connectivity index (χ3n) is 4.27. The Morgan fingerprint density at radius 1 is 1.26 bits per heavy atom. The molecule has 1 fully saturated rings. The smallest absolute Gasteiger partial charge is 0.0320 e. The first-order valence-corrected chi connectivity index (χ1v) is 7.66. The second kappa shape index (κ2) is 6.53. The fourth-order valence-electron chi connectivity index (χ4n) is 2.93. The van der Waals surface area contributed by atoms with Gasteiger partial charge in [0.05, 0.1) is 0 Å². The molecule has 0 aromatic heterocycles. The maximum Gasteiger partial charge on any atom is 0.0320 e. The summed E-state index contributed by atoms with van der Waals surface area (Å²) in [7, 11) is 0. The van der Waals surface area contributed by atoms with Crippen molar-refractivity contribution in [1.29, 1.82) is 0 Å². The molecule has 106 valence electrons. The predicted molar refractivity (Wildman–Crippen MR) is 82.5 cm³/mol. The molecule has 0 bridgehead atoms. The van der Waals surface area contributed by atoms with Crippen LogP contribution in [0, 0.1) is 6.92 Å². The molecule has 1 heterocycles. The van der Waals surface area contributed by atoms with Crippen LogP contribution in [0.3, 0.4) is 0 Å². The van der Waals surface area contributed by atoms with Crippen LogP contribution in [-0.2, 0) is 0 Å². The lowest BCUT2D eigenvalue weighted by molar-refractivity contribution is 0.265. The minimum Gasteiger partial charge on any atom is -0.306 e. The summed E-state index contributed by atoms with van der Waals surface area (Å²) < 4.78 is 0. The first-order valence-electron chi connectivity index (χ1n) is 7.66. The molecule has 0 amide bonds. The molecule has 1 N–H and O–H groups in total. The van der Waals surface area contributed by atoms with Crippen LogP contribution in [0.4, 0.5) is 0 Å². The maximum absolute atomic E-state index is 3.84. The van der Waals surface area contributed by atoms with Gasteiger partial charge in [-0.2, -0.15) is 0 Å².